The normalized spacial score (nSPS) is 41.2. The van der Waals surface area contributed by atoms with Crippen molar-refractivity contribution in [1.82, 2.24) is 10.6 Å². The molecule has 0 aromatic carbocycles. The molecule has 3 aliphatic rings. The Morgan fingerprint density at radius 1 is 0.583 bits per heavy atom. The van der Waals surface area contributed by atoms with Crippen LogP contribution in [-0.2, 0) is 0 Å². The van der Waals surface area contributed by atoms with Crippen LogP contribution in [0.5, 0.6) is 0 Å². The molecule has 0 aliphatic heterocycles. The summed E-state index contributed by atoms with van der Waals surface area (Å²) in [5.74, 6) is 3.79. The molecule has 0 saturated heterocycles. The van der Waals surface area contributed by atoms with E-state index in [1.54, 1.807) is 0 Å². The van der Waals surface area contributed by atoms with Crippen molar-refractivity contribution in [3.63, 3.8) is 0 Å². The van der Waals surface area contributed by atoms with Crippen LogP contribution in [0.15, 0.2) is 0 Å². The van der Waals surface area contributed by atoms with E-state index in [1.165, 1.54) is 90.1 Å². The first-order chi connectivity index (χ1) is 11.7. The van der Waals surface area contributed by atoms with Crippen molar-refractivity contribution >= 4 is 0 Å². The largest absolute Gasteiger partial charge is 0.314 e. The van der Waals surface area contributed by atoms with Crippen LogP contribution in [0.25, 0.3) is 0 Å². The van der Waals surface area contributed by atoms with Crippen LogP contribution in [0.2, 0.25) is 0 Å². The van der Waals surface area contributed by atoms with Crippen LogP contribution in [0.3, 0.4) is 0 Å². The quantitative estimate of drug-likeness (QED) is 0.703. The standard InChI is InChI=1S/C22H42N2/c1-17-5-3-7-21(13-17)23-15-19-9-11-20(12-10-19)16-24-22-8-4-6-18(2)14-22/h17-24H,3-16H2,1-2H3. The molecule has 4 unspecified atom stereocenters. The number of hydrogen-bond acceptors (Lipinski definition) is 2. The fourth-order valence-corrected chi connectivity index (χ4v) is 5.55. The van der Waals surface area contributed by atoms with Crippen LogP contribution < -0.4 is 10.6 Å². The van der Waals surface area contributed by atoms with Gasteiger partial charge in [0, 0.05) is 12.1 Å². The Morgan fingerprint density at radius 2 is 1.00 bits per heavy atom. The Balaban J connectivity index is 1.27. The van der Waals surface area contributed by atoms with E-state index in [0.717, 1.165) is 35.8 Å². The smallest absolute Gasteiger partial charge is 0.00697 e. The highest BCUT2D eigenvalue weighted by atomic mass is 14.9. The molecule has 3 saturated carbocycles. The van der Waals surface area contributed by atoms with E-state index in [2.05, 4.69) is 24.5 Å². The van der Waals surface area contributed by atoms with E-state index < -0.39 is 0 Å². The minimum atomic E-state index is 0.821. The van der Waals surface area contributed by atoms with Crippen molar-refractivity contribution < 1.29 is 0 Å². The average Bonchev–Trinajstić information content (AvgIpc) is 2.59. The van der Waals surface area contributed by atoms with Crippen molar-refractivity contribution in [2.75, 3.05) is 13.1 Å². The summed E-state index contributed by atoms with van der Waals surface area (Å²) in [4.78, 5) is 0. The fourth-order valence-electron chi connectivity index (χ4n) is 5.55. The molecule has 0 spiro atoms. The summed E-state index contributed by atoms with van der Waals surface area (Å²) >= 11 is 0. The molecule has 4 atom stereocenters. The van der Waals surface area contributed by atoms with Gasteiger partial charge in [-0.25, -0.2) is 0 Å². The zero-order chi connectivity index (χ0) is 16.8. The van der Waals surface area contributed by atoms with E-state index in [4.69, 9.17) is 0 Å². The van der Waals surface area contributed by atoms with E-state index in [-0.39, 0.29) is 0 Å². The summed E-state index contributed by atoms with van der Waals surface area (Å²) in [6, 6.07) is 1.64. The predicted molar refractivity (Wildman–Crippen MR) is 104 cm³/mol. The van der Waals surface area contributed by atoms with E-state index in [0.29, 0.717) is 0 Å². The number of hydrogen-bond donors (Lipinski definition) is 2. The van der Waals surface area contributed by atoms with Gasteiger partial charge in [0.05, 0.1) is 0 Å². The first kappa shape index (κ1) is 18.7. The molecule has 3 fully saturated rings. The molecule has 0 radical (unpaired) electrons. The van der Waals surface area contributed by atoms with Gasteiger partial charge in [-0.1, -0.05) is 39.5 Å². The van der Waals surface area contributed by atoms with Crippen molar-refractivity contribution in [3.8, 4) is 0 Å². The fraction of sp³-hybridized carbons (Fsp3) is 1.00. The first-order valence-electron chi connectivity index (χ1n) is 11.2. The van der Waals surface area contributed by atoms with Crippen LogP contribution in [-0.4, -0.2) is 25.2 Å². The second kappa shape index (κ2) is 9.57. The molecule has 24 heavy (non-hydrogen) atoms. The topological polar surface area (TPSA) is 24.1 Å². The van der Waals surface area contributed by atoms with Gasteiger partial charge in [0.25, 0.3) is 0 Å². The first-order valence-corrected chi connectivity index (χ1v) is 11.2. The molecule has 3 aliphatic carbocycles. The molecule has 2 nitrogen and oxygen atoms in total. The van der Waals surface area contributed by atoms with E-state index in [9.17, 15) is 0 Å². The van der Waals surface area contributed by atoms with Crippen LogP contribution in [0.4, 0.5) is 0 Å². The second-order valence-corrected chi connectivity index (χ2v) is 9.64. The average molecular weight is 335 g/mol. The van der Waals surface area contributed by atoms with Crippen LogP contribution in [0, 0.1) is 23.7 Å². The highest BCUT2D eigenvalue weighted by Gasteiger charge is 2.25. The lowest BCUT2D eigenvalue weighted by atomic mass is 9.80. The van der Waals surface area contributed by atoms with Gasteiger partial charge in [-0.3, -0.25) is 0 Å². The van der Waals surface area contributed by atoms with Gasteiger partial charge in [-0.2, -0.15) is 0 Å². The molecule has 3 rings (SSSR count). The maximum Gasteiger partial charge on any atom is 0.00697 e. The highest BCUT2D eigenvalue weighted by Crippen LogP contribution is 2.30. The van der Waals surface area contributed by atoms with Crippen molar-refractivity contribution in [3.05, 3.63) is 0 Å². The maximum absolute atomic E-state index is 3.91. The molecular weight excluding hydrogens is 292 g/mol. The zero-order valence-corrected chi connectivity index (χ0v) is 16.4. The van der Waals surface area contributed by atoms with Gasteiger partial charge in [-0.15, -0.1) is 0 Å². The molecule has 2 heteroatoms. The minimum absolute atomic E-state index is 0.821. The Bertz CT molecular complexity index is 314. The van der Waals surface area contributed by atoms with E-state index in [1.807, 2.05) is 0 Å². The molecule has 0 amide bonds. The van der Waals surface area contributed by atoms with Crippen LogP contribution >= 0.6 is 0 Å². The lowest BCUT2D eigenvalue weighted by molar-refractivity contribution is 0.223. The summed E-state index contributed by atoms with van der Waals surface area (Å²) in [5.41, 5.74) is 0. The second-order valence-electron chi connectivity index (χ2n) is 9.64. The Morgan fingerprint density at radius 3 is 1.38 bits per heavy atom. The van der Waals surface area contributed by atoms with Crippen molar-refractivity contribution in [1.29, 1.82) is 0 Å². The predicted octanol–water partition coefficient (Wildman–Crippen LogP) is 5.13. The Labute approximate surface area is 150 Å². The lowest BCUT2D eigenvalue weighted by Gasteiger charge is -2.34. The number of rotatable bonds is 6. The van der Waals surface area contributed by atoms with Gasteiger partial charge in [0.15, 0.2) is 0 Å². The minimum Gasteiger partial charge on any atom is -0.314 e. The molecule has 0 heterocycles. The molecular formula is C22H42N2. The molecule has 140 valence electrons. The number of nitrogens with one attached hydrogen (secondary N) is 2. The van der Waals surface area contributed by atoms with Crippen LogP contribution in [0.1, 0.15) is 90.9 Å². The van der Waals surface area contributed by atoms with Gasteiger partial charge in [0.1, 0.15) is 0 Å². The summed E-state index contributed by atoms with van der Waals surface area (Å²) in [5, 5.41) is 7.82. The lowest BCUT2D eigenvalue weighted by Crippen LogP contribution is -2.39. The third-order valence-corrected chi connectivity index (χ3v) is 7.23. The molecule has 2 N–H and O–H groups in total. The third-order valence-electron chi connectivity index (χ3n) is 7.23. The monoisotopic (exact) mass is 334 g/mol. The third kappa shape index (κ3) is 6.02. The Hall–Kier alpha value is -0.0800. The van der Waals surface area contributed by atoms with E-state index >= 15 is 0 Å². The summed E-state index contributed by atoms with van der Waals surface area (Å²) < 4.78 is 0. The van der Waals surface area contributed by atoms with Gasteiger partial charge < -0.3 is 10.6 Å². The summed E-state index contributed by atoms with van der Waals surface area (Å²) in [6.45, 7) is 7.44. The van der Waals surface area contributed by atoms with Gasteiger partial charge >= 0.3 is 0 Å². The highest BCUT2D eigenvalue weighted by molar-refractivity contribution is 4.82. The molecule has 0 aromatic heterocycles. The summed E-state index contributed by atoms with van der Waals surface area (Å²) in [7, 11) is 0. The maximum atomic E-state index is 3.91. The summed E-state index contributed by atoms with van der Waals surface area (Å²) in [6.07, 6.45) is 17.3. The zero-order valence-electron chi connectivity index (χ0n) is 16.4. The van der Waals surface area contributed by atoms with Crippen molar-refractivity contribution in [2.24, 2.45) is 23.7 Å². The molecule has 0 bridgehead atoms. The SMILES string of the molecule is CC1CCCC(NCC2CCC(CNC3CCCC(C)C3)CC2)C1. The molecule has 0 aromatic rings. The van der Waals surface area contributed by atoms with Gasteiger partial charge in [-0.05, 0) is 88.1 Å². The Kier molecular flexibility index (Phi) is 7.46. The van der Waals surface area contributed by atoms with Gasteiger partial charge in [0.2, 0.25) is 0 Å². The van der Waals surface area contributed by atoms with Crippen molar-refractivity contribution in [2.45, 2.75) is 103 Å².